The summed E-state index contributed by atoms with van der Waals surface area (Å²) >= 11 is 0. The van der Waals surface area contributed by atoms with Crippen molar-refractivity contribution in [3.05, 3.63) is 0 Å². The van der Waals surface area contributed by atoms with Crippen molar-refractivity contribution in [2.75, 3.05) is 60.0 Å². The minimum atomic E-state index is 0. The lowest BCUT2D eigenvalue weighted by Crippen LogP contribution is -2.48. The van der Waals surface area contributed by atoms with Gasteiger partial charge in [-0.2, -0.15) is 0 Å². The molecule has 1 heterocycles. The fourth-order valence-electron chi connectivity index (χ4n) is 4.56. The van der Waals surface area contributed by atoms with Gasteiger partial charge in [-0.3, -0.25) is 9.69 Å². The Morgan fingerprint density at radius 2 is 1.93 bits per heavy atom. The van der Waals surface area contributed by atoms with Crippen LogP contribution in [0.3, 0.4) is 0 Å². The maximum absolute atomic E-state index is 12.0. The van der Waals surface area contributed by atoms with Crippen molar-refractivity contribution in [2.24, 2.45) is 10.4 Å². The SMILES string of the molecule is CCOCCC1(CNC(=NCC(=O)N(C)C)NCC2CCCN2CC)CCCC1.I. The van der Waals surface area contributed by atoms with E-state index in [0.29, 0.717) is 6.04 Å². The molecular formula is C22H44IN5O2. The van der Waals surface area contributed by atoms with Gasteiger partial charge in [-0.1, -0.05) is 19.8 Å². The highest BCUT2D eigenvalue weighted by Gasteiger charge is 2.33. The Labute approximate surface area is 200 Å². The number of nitrogens with zero attached hydrogens (tertiary/aromatic N) is 3. The van der Waals surface area contributed by atoms with Crippen LogP contribution in [0.1, 0.15) is 58.8 Å². The van der Waals surface area contributed by atoms with Gasteiger partial charge in [-0.15, -0.1) is 24.0 Å². The smallest absolute Gasteiger partial charge is 0.243 e. The maximum atomic E-state index is 12.0. The second-order valence-electron chi connectivity index (χ2n) is 8.77. The zero-order chi connectivity index (χ0) is 21.1. The average molecular weight is 538 g/mol. The fraction of sp³-hybridized carbons (Fsp3) is 0.909. The molecule has 1 unspecified atom stereocenters. The maximum Gasteiger partial charge on any atom is 0.243 e. The summed E-state index contributed by atoms with van der Waals surface area (Å²) in [4.78, 5) is 20.8. The zero-order valence-electron chi connectivity index (χ0n) is 19.5. The van der Waals surface area contributed by atoms with Gasteiger partial charge < -0.3 is 20.3 Å². The van der Waals surface area contributed by atoms with E-state index in [1.165, 1.54) is 45.1 Å². The average Bonchev–Trinajstić information content (AvgIpc) is 3.37. The number of rotatable bonds is 11. The van der Waals surface area contributed by atoms with Crippen molar-refractivity contribution in [3.8, 4) is 0 Å². The lowest BCUT2D eigenvalue weighted by molar-refractivity contribution is -0.127. The van der Waals surface area contributed by atoms with Crippen LogP contribution in [0.25, 0.3) is 0 Å². The first kappa shape index (κ1) is 27.4. The Balaban J connectivity index is 0.00000450. The van der Waals surface area contributed by atoms with Crippen molar-refractivity contribution in [1.82, 2.24) is 20.4 Å². The van der Waals surface area contributed by atoms with E-state index < -0.39 is 0 Å². The molecule has 176 valence electrons. The van der Waals surface area contributed by atoms with Crippen LogP contribution in [-0.2, 0) is 9.53 Å². The first-order valence-corrected chi connectivity index (χ1v) is 11.5. The zero-order valence-corrected chi connectivity index (χ0v) is 21.9. The third-order valence-corrected chi connectivity index (χ3v) is 6.56. The molecular weight excluding hydrogens is 493 g/mol. The van der Waals surface area contributed by atoms with Crippen LogP contribution in [0.4, 0.5) is 0 Å². The highest BCUT2D eigenvalue weighted by atomic mass is 127. The number of likely N-dealkylation sites (N-methyl/N-ethyl adjacent to an activating group) is 2. The normalized spacial score (nSPS) is 21.3. The van der Waals surface area contributed by atoms with Gasteiger partial charge in [0.25, 0.3) is 0 Å². The summed E-state index contributed by atoms with van der Waals surface area (Å²) in [6, 6.07) is 0.551. The Hall–Kier alpha value is -0.610. The summed E-state index contributed by atoms with van der Waals surface area (Å²) in [6.07, 6.45) is 8.64. The predicted octanol–water partition coefficient (Wildman–Crippen LogP) is 2.70. The van der Waals surface area contributed by atoms with Crippen molar-refractivity contribution < 1.29 is 9.53 Å². The molecule has 1 aliphatic heterocycles. The van der Waals surface area contributed by atoms with Gasteiger partial charge in [-0.25, -0.2) is 4.99 Å². The topological polar surface area (TPSA) is 69.2 Å². The summed E-state index contributed by atoms with van der Waals surface area (Å²) in [7, 11) is 3.55. The molecule has 1 aliphatic carbocycles. The van der Waals surface area contributed by atoms with Crippen LogP contribution in [0.5, 0.6) is 0 Å². The fourth-order valence-corrected chi connectivity index (χ4v) is 4.56. The van der Waals surface area contributed by atoms with Crippen LogP contribution in [0, 0.1) is 5.41 Å². The first-order chi connectivity index (χ1) is 14.0. The number of carbonyl (C=O) groups is 1. The molecule has 1 saturated carbocycles. The van der Waals surface area contributed by atoms with Crippen molar-refractivity contribution in [2.45, 2.75) is 64.8 Å². The first-order valence-electron chi connectivity index (χ1n) is 11.5. The van der Waals surface area contributed by atoms with Gasteiger partial charge in [0.05, 0.1) is 0 Å². The van der Waals surface area contributed by atoms with Gasteiger partial charge in [0.2, 0.25) is 5.91 Å². The molecule has 0 aromatic rings. The number of ether oxygens (including phenoxy) is 1. The molecule has 1 saturated heterocycles. The van der Waals surface area contributed by atoms with Gasteiger partial charge in [0.15, 0.2) is 5.96 Å². The van der Waals surface area contributed by atoms with Crippen LogP contribution >= 0.6 is 24.0 Å². The molecule has 0 aromatic heterocycles. The second-order valence-corrected chi connectivity index (χ2v) is 8.77. The Morgan fingerprint density at radius 1 is 1.20 bits per heavy atom. The Morgan fingerprint density at radius 3 is 2.57 bits per heavy atom. The summed E-state index contributed by atoms with van der Waals surface area (Å²) in [5.41, 5.74) is 0.284. The van der Waals surface area contributed by atoms with Gasteiger partial charge in [-0.05, 0) is 57.5 Å². The monoisotopic (exact) mass is 537 g/mol. The highest BCUT2D eigenvalue weighted by Crippen LogP contribution is 2.40. The molecule has 1 atom stereocenters. The van der Waals surface area contributed by atoms with Crippen molar-refractivity contribution in [3.63, 3.8) is 0 Å². The molecule has 2 fully saturated rings. The molecule has 1 amide bonds. The van der Waals surface area contributed by atoms with Gasteiger partial charge >= 0.3 is 0 Å². The quantitative estimate of drug-likeness (QED) is 0.184. The molecule has 8 heteroatoms. The van der Waals surface area contributed by atoms with E-state index in [9.17, 15) is 4.79 Å². The molecule has 2 aliphatic rings. The largest absolute Gasteiger partial charge is 0.382 e. The molecule has 0 bridgehead atoms. The number of hydrogen-bond donors (Lipinski definition) is 2. The third-order valence-electron chi connectivity index (χ3n) is 6.56. The van der Waals surface area contributed by atoms with Crippen LogP contribution in [0.2, 0.25) is 0 Å². The number of carbonyl (C=O) groups excluding carboxylic acids is 1. The molecule has 7 nitrogen and oxygen atoms in total. The van der Waals surface area contributed by atoms with Gasteiger partial charge in [0.1, 0.15) is 6.54 Å². The summed E-state index contributed by atoms with van der Waals surface area (Å²) in [6.45, 7) is 10.1. The molecule has 0 spiro atoms. The summed E-state index contributed by atoms with van der Waals surface area (Å²) in [5, 5.41) is 7.10. The third kappa shape index (κ3) is 8.86. The molecule has 2 N–H and O–H groups in total. The van der Waals surface area contributed by atoms with Crippen molar-refractivity contribution >= 4 is 35.8 Å². The number of guanidine groups is 1. The van der Waals surface area contributed by atoms with Gasteiger partial charge in [0, 0.05) is 46.4 Å². The molecule has 30 heavy (non-hydrogen) atoms. The lowest BCUT2D eigenvalue weighted by atomic mass is 9.83. The molecule has 0 aromatic carbocycles. The van der Waals surface area contributed by atoms with E-state index in [4.69, 9.17) is 4.74 Å². The number of aliphatic imine (C=N–C) groups is 1. The standard InChI is InChI=1S/C22H43N5O2.HI/c1-5-27-14-9-10-19(27)16-23-21(24-17-20(28)26(3)4)25-18-22(11-7-8-12-22)13-15-29-6-2;/h19H,5-18H2,1-4H3,(H2,23,24,25);1H. The highest BCUT2D eigenvalue weighted by molar-refractivity contribution is 14.0. The minimum absolute atomic E-state index is 0. The van der Waals surface area contributed by atoms with Crippen LogP contribution in [-0.4, -0.2) is 87.7 Å². The van der Waals surface area contributed by atoms with E-state index in [1.54, 1.807) is 19.0 Å². The Kier molecular flexibility index (Phi) is 13.2. The van der Waals surface area contributed by atoms with Crippen molar-refractivity contribution in [1.29, 1.82) is 0 Å². The second kappa shape index (κ2) is 14.5. The van der Waals surface area contributed by atoms with Crippen LogP contribution in [0.15, 0.2) is 4.99 Å². The van der Waals surface area contributed by atoms with E-state index in [2.05, 4.69) is 34.4 Å². The van der Waals surface area contributed by atoms with E-state index >= 15 is 0 Å². The van der Waals surface area contributed by atoms with Crippen LogP contribution < -0.4 is 10.6 Å². The number of hydrogen-bond acceptors (Lipinski definition) is 4. The minimum Gasteiger partial charge on any atom is -0.382 e. The number of amides is 1. The number of nitrogens with one attached hydrogen (secondary N) is 2. The summed E-state index contributed by atoms with van der Waals surface area (Å²) in [5.74, 6) is 0.792. The number of halogens is 1. The summed E-state index contributed by atoms with van der Waals surface area (Å²) < 4.78 is 5.64. The lowest BCUT2D eigenvalue weighted by Gasteiger charge is -2.31. The van der Waals surface area contributed by atoms with E-state index in [0.717, 1.165) is 45.2 Å². The predicted molar refractivity (Wildman–Crippen MR) is 135 cm³/mol. The number of likely N-dealkylation sites (tertiary alicyclic amines) is 1. The van der Waals surface area contributed by atoms with E-state index in [1.807, 2.05) is 0 Å². The Bertz CT molecular complexity index is 524. The molecule has 2 rings (SSSR count). The molecule has 0 radical (unpaired) electrons. The van der Waals surface area contributed by atoms with E-state index in [-0.39, 0.29) is 41.8 Å².